The van der Waals surface area contributed by atoms with Crippen molar-refractivity contribution >= 4 is 29.9 Å². The molecule has 0 saturated carbocycles. The molecule has 0 aromatic heterocycles. The molecule has 2 aliphatic rings. The summed E-state index contributed by atoms with van der Waals surface area (Å²) in [5.74, 6) is 2.76. The van der Waals surface area contributed by atoms with Gasteiger partial charge in [0.25, 0.3) is 0 Å². The Morgan fingerprint density at radius 2 is 1.88 bits per heavy atom. The number of halogens is 1. The highest BCUT2D eigenvalue weighted by Gasteiger charge is 2.24. The van der Waals surface area contributed by atoms with E-state index in [-0.39, 0.29) is 24.0 Å². The summed E-state index contributed by atoms with van der Waals surface area (Å²) in [6.45, 7) is 8.40. The number of para-hydroxylation sites is 1. The topological polar surface area (TPSA) is 40.1 Å². The van der Waals surface area contributed by atoms with Crippen LogP contribution in [0.3, 0.4) is 0 Å². The molecule has 6 heteroatoms. The van der Waals surface area contributed by atoms with Crippen molar-refractivity contribution in [3.8, 4) is 5.75 Å². The van der Waals surface area contributed by atoms with E-state index < -0.39 is 0 Å². The summed E-state index contributed by atoms with van der Waals surface area (Å²) in [6.07, 6.45) is 3.67. The van der Waals surface area contributed by atoms with Crippen LogP contribution in [0.2, 0.25) is 0 Å². The third-order valence-corrected chi connectivity index (χ3v) is 5.11. The van der Waals surface area contributed by atoms with Crippen molar-refractivity contribution < 1.29 is 4.74 Å². The van der Waals surface area contributed by atoms with Crippen LogP contribution in [-0.2, 0) is 0 Å². The molecular formula is C20H33IN4O. The number of guanidine groups is 1. The maximum atomic E-state index is 6.10. The Morgan fingerprint density at radius 3 is 2.50 bits per heavy atom. The molecule has 1 aromatic carbocycles. The summed E-state index contributed by atoms with van der Waals surface area (Å²) in [6, 6.07) is 10.2. The van der Waals surface area contributed by atoms with Crippen LogP contribution >= 0.6 is 24.0 Å². The van der Waals surface area contributed by atoms with Gasteiger partial charge in [0.1, 0.15) is 11.9 Å². The zero-order valence-corrected chi connectivity index (χ0v) is 18.4. The predicted octanol–water partition coefficient (Wildman–Crippen LogP) is 3.07. The molecule has 1 atom stereocenters. The fourth-order valence-electron chi connectivity index (χ4n) is 3.69. The van der Waals surface area contributed by atoms with E-state index in [1.54, 1.807) is 0 Å². The monoisotopic (exact) mass is 472 g/mol. The zero-order valence-electron chi connectivity index (χ0n) is 16.1. The van der Waals surface area contributed by atoms with Crippen LogP contribution < -0.4 is 10.1 Å². The molecule has 2 saturated heterocycles. The molecule has 0 aliphatic carbocycles. The Hall–Kier alpha value is -1.02. The van der Waals surface area contributed by atoms with Gasteiger partial charge in [0.05, 0.1) is 0 Å². The van der Waals surface area contributed by atoms with Crippen LogP contribution in [-0.4, -0.2) is 68.2 Å². The molecule has 2 heterocycles. The molecule has 0 radical (unpaired) electrons. The van der Waals surface area contributed by atoms with Crippen LogP contribution in [0.25, 0.3) is 0 Å². The molecule has 0 spiro atoms. The van der Waals surface area contributed by atoms with Gasteiger partial charge in [0.2, 0.25) is 0 Å². The molecule has 2 aliphatic heterocycles. The summed E-state index contributed by atoms with van der Waals surface area (Å²) in [5.41, 5.74) is 0. The first kappa shape index (κ1) is 21.3. The first-order chi connectivity index (χ1) is 12.2. The molecule has 5 nitrogen and oxygen atoms in total. The highest BCUT2D eigenvalue weighted by molar-refractivity contribution is 14.0. The zero-order chi connectivity index (χ0) is 17.5. The first-order valence-electron chi connectivity index (χ1n) is 9.68. The van der Waals surface area contributed by atoms with Crippen LogP contribution in [0.15, 0.2) is 35.3 Å². The van der Waals surface area contributed by atoms with E-state index in [1.807, 2.05) is 30.3 Å². The quantitative estimate of drug-likeness (QED) is 0.407. The summed E-state index contributed by atoms with van der Waals surface area (Å²) < 4.78 is 6.10. The van der Waals surface area contributed by atoms with E-state index >= 15 is 0 Å². The first-order valence-corrected chi connectivity index (χ1v) is 9.68. The van der Waals surface area contributed by atoms with E-state index in [9.17, 15) is 0 Å². The number of nitrogens with zero attached hydrogens (tertiary/aromatic N) is 3. The number of rotatable bonds is 5. The average Bonchev–Trinajstić information content (AvgIpc) is 3.06. The maximum Gasteiger partial charge on any atom is 0.193 e. The van der Waals surface area contributed by atoms with Crippen molar-refractivity contribution in [3.05, 3.63) is 30.3 Å². The molecule has 1 N–H and O–H groups in total. The van der Waals surface area contributed by atoms with Gasteiger partial charge in [-0.1, -0.05) is 18.2 Å². The van der Waals surface area contributed by atoms with Crippen LogP contribution in [0.4, 0.5) is 0 Å². The van der Waals surface area contributed by atoms with E-state index in [2.05, 4.69) is 29.1 Å². The average molecular weight is 472 g/mol. The highest BCUT2D eigenvalue weighted by atomic mass is 127. The summed E-state index contributed by atoms with van der Waals surface area (Å²) in [7, 11) is 2.20. The molecule has 3 rings (SSSR count). The number of hydrogen-bond donors (Lipinski definition) is 1. The fourth-order valence-corrected chi connectivity index (χ4v) is 3.69. The Bertz CT molecular complexity index is 546. The summed E-state index contributed by atoms with van der Waals surface area (Å²) in [4.78, 5) is 9.72. The Labute approximate surface area is 175 Å². The van der Waals surface area contributed by atoms with Crippen molar-refractivity contribution in [2.75, 3.05) is 46.3 Å². The standard InChI is InChI=1S/C20H32N4O.HI/c1-3-21-20(22-15-17-9-12-23(2)16-17)24-13-10-19(11-14-24)25-18-7-5-4-6-8-18;/h4-8,17,19H,3,9-16H2,1-2H3,(H,21,22);1H. The number of piperidine rings is 1. The maximum absolute atomic E-state index is 6.10. The minimum Gasteiger partial charge on any atom is -0.490 e. The molecule has 1 unspecified atom stereocenters. The predicted molar refractivity (Wildman–Crippen MR) is 119 cm³/mol. The van der Waals surface area contributed by atoms with Gasteiger partial charge >= 0.3 is 0 Å². The van der Waals surface area contributed by atoms with Crippen molar-refractivity contribution in [2.45, 2.75) is 32.3 Å². The number of benzene rings is 1. The largest absolute Gasteiger partial charge is 0.490 e. The molecule has 26 heavy (non-hydrogen) atoms. The second kappa shape index (κ2) is 11.0. The van der Waals surface area contributed by atoms with Crippen molar-refractivity contribution in [1.82, 2.24) is 15.1 Å². The van der Waals surface area contributed by atoms with Crippen LogP contribution in [0.1, 0.15) is 26.2 Å². The number of aliphatic imine (C=N–C) groups is 1. The van der Waals surface area contributed by atoms with Crippen LogP contribution in [0.5, 0.6) is 5.75 Å². The van der Waals surface area contributed by atoms with Gasteiger partial charge in [0.15, 0.2) is 5.96 Å². The minimum atomic E-state index is 0. The molecule has 0 amide bonds. The number of nitrogens with one attached hydrogen (secondary N) is 1. The number of hydrogen-bond acceptors (Lipinski definition) is 3. The molecule has 1 aromatic rings. The molecular weight excluding hydrogens is 439 g/mol. The Kier molecular flexibility index (Phi) is 8.98. The van der Waals surface area contributed by atoms with E-state index in [0.29, 0.717) is 12.0 Å². The summed E-state index contributed by atoms with van der Waals surface area (Å²) >= 11 is 0. The highest BCUT2D eigenvalue weighted by Crippen LogP contribution is 2.19. The lowest BCUT2D eigenvalue weighted by Gasteiger charge is -2.34. The SMILES string of the molecule is CCNC(=NCC1CCN(C)C1)N1CCC(Oc2ccccc2)CC1.I. The third kappa shape index (κ3) is 6.30. The minimum absolute atomic E-state index is 0. The Balaban J connectivity index is 0.00000243. The lowest BCUT2D eigenvalue weighted by Crippen LogP contribution is -2.47. The van der Waals surface area contributed by atoms with E-state index in [1.165, 1.54) is 19.5 Å². The number of ether oxygens (including phenoxy) is 1. The summed E-state index contributed by atoms with van der Waals surface area (Å²) in [5, 5.41) is 3.47. The van der Waals surface area contributed by atoms with Crippen molar-refractivity contribution in [3.63, 3.8) is 0 Å². The Morgan fingerprint density at radius 1 is 1.15 bits per heavy atom. The molecule has 2 fully saturated rings. The van der Waals surface area contributed by atoms with Gasteiger partial charge in [-0.2, -0.15) is 0 Å². The lowest BCUT2D eigenvalue weighted by atomic mass is 10.1. The molecule has 146 valence electrons. The second-order valence-corrected chi connectivity index (χ2v) is 7.23. The van der Waals surface area contributed by atoms with Crippen LogP contribution in [0, 0.1) is 5.92 Å². The lowest BCUT2D eigenvalue weighted by molar-refractivity contribution is 0.129. The molecule has 0 bridgehead atoms. The van der Waals surface area contributed by atoms with Gasteiger partial charge in [-0.3, -0.25) is 4.99 Å². The fraction of sp³-hybridized carbons (Fsp3) is 0.650. The normalized spacial score (nSPS) is 22.2. The van der Waals surface area contributed by atoms with Gasteiger partial charge < -0.3 is 19.9 Å². The van der Waals surface area contributed by atoms with Crippen molar-refractivity contribution in [1.29, 1.82) is 0 Å². The van der Waals surface area contributed by atoms with E-state index in [0.717, 1.165) is 50.7 Å². The van der Waals surface area contributed by atoms with Gasteiger partial charge in [-0.25, -0.2) is 0 Å². The van der Waals surface area contributed by atoms with Gasteiger partial charge in [0, 0.05) is 45.6 Å². The van der Waals surface area contributed by atoms with Gasteiger partial charge in [-0.05, 0) is 45.0 Å². The number of likely N-dealkylation sites (tertiary alicyclic amines) is 2. The van der Waals surface area contributed by atoms with Crippen molar-refractivity contribution in [2.24, 2.45) is 10.9 Å². The van der Waals surface area contributed by atoms with Gasteiger partial charge in [-0.15, -0.1) is 24.0 Å². The van der Waals surface area contributed by atoms with E-state index in [4.69, 9.17) is 9.73 Å². The second-order valence-electron chi connectivity index (χ2n) is 7.23. The third-order valence-electron chi connectivity index (χ3n) is 5.11. The smallest absolute Gasteiger partial charge is 0.193 e.